The second-order valence-corrected chi connectivity index (χ2v) is 7.93. The number of nitriles is 1. The summed E-state index contributed by atoms with van der Waals surface area (Å²) >= 11 is 3.39. The number of rotatable bonds is 8. The van der Waals surface area contributed by atoms with Crippen LogP contribution >= 0.6 is 15.9 Å². The lowest BCUT2D eigenvalue weighted by molar-refractivity contribution is -0.138. The fourth-order valence-electron chi connectivity index (χ4n) is 3.39. The first-order chi connectivity index (χ1) is 13.9. The molecule has 0 bridgehead atoms. The zero-order valence-electron chi connectivity index (χ0n) is 17.1. The maximum absolute atomic E-state index is 12.5. The second-order valence-electron chi connectivity index (χ2n) is 7.07. The van der Waals surface area contributed by atoms with Crippen LogP contribution in [0.25, 0.3) is 0 Å². The van der Waals surface area contributed by atoms with E-state index < -0.39 is 24.0 Å². The SMILES string of the molecule is CCCOc1c(Br)cc(C(=O)OCC(=O)N(C)C2(C#N)CCCCC2)cc1OC. The molecule has 0 unspecified atom stereocenters. The third-order valence-electron chi connectivity index (χ3n) is 5.15. The third kappa shape index (κ3) is 5.41. The van der Waals surface area contributed by atoms with E-state index in [-0.39, 0.29) is 5.56 Å². The molecule has 1 aromatic carbocycles. The van der Waals surface area contributed by atoms with Crippen molar-refractivity contribution in [1.82, 2.24) is 4.90 Å². The predicted octanol–water partition coefficient (Wildman–Crippen LogP) is 4.09. The van der Waals surface area contributed by atoms with Crippen LogP contribution < -0.4 is 9.47 Å². The van der Waals surface area contributed by atoms with Crippen molar-refractivity contribution in [2.45, 2.75) is 51.0 Å². The Hall–Kier alpha value is -2.27. The molecule has 29 heavy (non-hydrogen) atoms. The summed E-state index contributed by atoms with van der Waals surface area (Å²) in [5.74, 6) is -0.137. The Bertz CT molecular complexity index is 784. The average molecular weight is 467 g/mol. The first kappa shape index (κ1) is 23.0. The lowest BCUT2D eigenvalue weighted by Crippen LogP contribution is -2.51. The quantitative estimate of drug-likeness (QED) is 0.536. The smallest absolute Gasteiger partial charge is 0.338 e. The van der Waals surface area contributed by atoms with Crippen molar-refractivity contribution >= 4 is 27.8 Å². The largest absolute Gasteiger partial charge is 0.493 e. The molecule has 158 valence electrons. The highest BCUT2D eigenvalue weighted by molar-refractivity contribution is 9.10. The van der Waals surface area contributed by atoms with Gasteiger partial charge in [-0.15, -0.1) is 0 Å². The molecule has 7 nitrogen and oxygen atoms in total. The molecule has 0 spiro atoms. The topological polar surface area (TPSA) is 88.9 Å². The van der Waals surface area contributed by atoms with Gasteiger partial charge in [-0.25, -0.2) is 4.79 Å². The molecule has 0 aliphatic heterocycles. The van der Waals surface area contributed by atoms with Crippen LogP contribution in [0.5, 0.6) is 11.5 Å². The maximum atomic E-state index is 12.5. The maximum Gasteiger partial charge on any atom is 0.338 e. The number of nitrogens with zero attached hydrogens (tertiary/aromatic N) is 2. The number of carbonyl (C=O) groups is 2. The van der Waals surface area contributed by atoms with E-state index in [4.69, 9.17) is 14.2 Å². The van der Waals surface area contributed by atoms with Gasteiger partial charge in [0.05, 0.1) is 29.8 Å². The van der Waals surface area contributed by atoms with Gasteiger partial charge in [0, 0.05) is 7.05 Å². The summed E-state index contributed by atoms with van der Waals surface area (Å²) in [6.07, 6.45) is 5.00. The van der Waals surface area contributed by atoms with Crippen LogP contribution in [0.1, 0.15) is 55.8 Å². The summed E-state index contributed by atoms with van der Waals surface area (Å²) in [4.78, 5) is 26.4. The fourth-order valence-corrected chi connectivity index (χ4v) is 3.94. The molecule has 0 N–H and O–H groups in total. The van der Waals surface area contributed by atoms with E-state index >= 15 is 0 Å². The summed E-state index contributed by atoms with van der Waals surface area (Å²) in [5.41, 5.74) is -0.576. The van der Waals surface area contributed by atoms with Gasteiger partial charge in [-0.05, 0) is 47.3 Å². The van der Waals surface area contributed by atoms with Crippen LogP contribution in [0, 0.1) is 11.3 Å². The lowest BCUT2D eigenvalue weighted by atomic mass is 9.81. The summed E-state index contributed by atoms with van der Waals surface area (Å²) < 4.78 is 16.7. The van der Waals surface area contributed by atoms with Crippen molar-refractivity contribution in [3.8, 4) is 17.6 Å². The van der Waals surface area contributed by atoms with Gasteiger partial charge in [-0.1, -0.05) is 26.2 Å². The molecule has 1 amide bonds. The van der Waals surface area contributed by atoms with Crippen LogP contribution in [0.15, 0.2) is 16.6 Å². The van der Waals surface area contributed by atoms with Crippen LogP contribution in [0.2, 0.25) is 0 Å². The Labute approximate surface area is 180 Å². The molecule has 1 fully saturated rings. The molecular weight excluding hydrogens is 440 g/mol. The monoisotopic (exact) mass is 466 g/mol. The number of amides is 1. The zero-order valence-corrected chi connectivity index (χ0v) is 18.7. The molecule has 1 saturated carbocycles. The van der Waals surface area contributed by atoms with E-state index in [9.17, 15) is 14.9 Å². The third-order valence-corrected chi connectivity index (χ3v) is 5.74. The van der Waals surface area contributed by atoms with Crippen molar-refractivity contribution < 1.29 is 23.8 Å². The summed E-state index contributed by atoms with van der Waals surface area (Å²) in [5, 5.41) is 9.61. The average Bonchev–Trinajstić information content (AvgIpc) is 2.75. The zero-order chi connectivity index (χ0) is 21.4. The molecule has 1 aliphatic rings. The van der Waals surface area contributed by atoms with Crippen molar-refractivity contribution in [3.63, 3.8) is 0 Å². The minimum atomic E-state index is -0.813. The number of halogens is 1. The van der Waals surface area contributed by atoms with Crippen molar-refractivity contribution in [1.29, 1.82) is 5.26 Å². The van der Waals surface area contributed by atoms with Crippen LogP contribution in [0.4, 0.5) is 0 Å². The number of hydrogen-bond acceptors (Lipinski definition) is 6. The number of carbonyl (C=O) groups excluding carboxylic acids is 2. The lowest BCUT2D eigenvalue weighted by Gasteiger charge is -2.38. The summed E-state index contributed by atoms with van der Waals surface area (Å²) in [6.45, 7) is 2.08. The van der Waals surface area contributed by atoms with Gasteiger partial charge in [0.15, 0.2) is 18.1 Å². The van der Waals surface area contributed by atoms with Gasteiger partial charge < -0.3 is 19.1 Å². The van der Waals surface area contributed by atoms with E-state index in [0.717, 1.165) is 25.7 Å². The molecule has 0 radical (unpaired) electrons. The van der Waals surface area contributed by atoms with Gasteiger partial charge in [-0.2, -0.15) is 5.26 Å². The molecule has 2 rings (SSSR count). The van der Waals surface area contributed by atoms with Gasteiger partial charge in [-0.3, -0.25) is 4.79 Å². The number of hydrogen-bond donors (Lipinski definition) is 0. The van der Waals surface area contributed by atoms with Crippen molar-refractivity contribution in [3.05, 3.63) is 22.2 Å². The first-order valence-corrected chi connectivity index (χ1v) is 10.5. The molecular formula is C21H27BrN2O5. The van der Waals surface area contributed by atoms with Crippen molar-refractivity contribution in [2.24, 2.45) is 0 Å². The minimum Gasteiger partial charge on any atom is -0.493 e. The predicted molar refractivity (Wildman–Crippen MR) is 111 cm³/mol. The normalized spacial score (nSPS) is 15.1. The Morgan fingerprint density at radius 2 is 1.97 bits per heavy atom. The van der Waals surface area contributed by atoms with Crippen LogP contribution in [0.3, 0.4) is 0 Å². The van der Waals surface area contributed by atoms with Crippen molar-refractivity contribution in [2.75, 3.05) is 27.4 Å². The van der Waals surface area contributed by atoms with Gasteiger partial charge >= 0.3 is 5.97 Å². The molecule has 0 atom stereocenters. The Morgan fingerprint density at radius 3 is 2.55 bits per heavy atom. The van der Waals surface area contributed by atoms with E-state index in [1.165, 1.54) is 18.1 Å². The number of likely N-dealkylation sites (N-methyl/N-ethyl adjacent to an activating group) is 1. The van der Waals surface area contributed by atoms with E-state index in [2.05, 4.69) is 22.0 Å². The second kappa shape index (κ2) is 10.5. The Balaban J connectivity index is 2.05. The Morgan fingerprint density at radius 1 is 1.28 bits per heavy atom. The highest BCUT2D eigenvalue weighted by Gasteiger charge is 2.39. The fraction of sp³-hybridized carbons (Fsp3) is 0.571. The van der Waals surface area contributed by atoms with E-state index in [1.54, 1.807) is 13.1 Å². The standard InChI is InChI=1S/C21H27BrN2O5/c1-4-10-28-19-16(22)11-15(12-17(19)27-3)20(26)29-13-18(25)24(2)21(14-23)8-6-5-7-9-21/h11-12H,4-10,13H2,1-3H3. The Kier molecular flexibility index (Phi) is 8.32. The minimum absolute atomic E-state index is 0.237. The van der Waals surface area contributed by atoms with Gasteiger partial charge in [0.1, 0.15) is 5.54 Å². The molecule has 0 heterocycles. The number of ether oxygens (including phenoxy) is 3. The van der Waals surface area contributed by atoms with Gasteiger partial charge in [0.2, 0.25) is 0 Å². The van der Waals surface area contributed by atoms with Crippen LogP contribution in [-0.4, -0.2) is 49.7 Å². The van der Waals surface area contributed by atoms with Crippen LogP contribution in [-0.2, 0) is 9.53 Å². The van der Waals surface area contributed by atoms with E-state index in [0.29, 0.717) is 35.4 Å². The van der Waals surface area contributed by atoms with E-state index in [1.807, 2.05) is 6.92 Å². The summed E-state index contributed by atoms with van der Waals surface area (Å²) in [7, 11) is 3.09. The molecule has 0 saturated heterocycles. The van der Waals surface area contributed by atoms with Gasteiger partial charge in [0.25, 0.3) is 5.91 Å². The number of methoxy groups -OCH3 is 1. The molecule has 0 aromatic heterocycles. The first-order valence-electron chi connectivity index (χ1n) is 9.74. The summed E-state index contributed by atoms with van der Waals surface area (Å²) in [6, 6.07) is 5.38. The number of esters is 1. The highest BCUT2D eigenvalue weighted by Crippen LogP contribution is 2.37. The number of benzene rings is 1. The molecule has 1 aliphatic carbocycles. The highest BCUT2D eigenvalue weighted by atomic mass is 79.9. The molecule has 1 aromatic rings. The molecule has 8 heteroatoms.